The summed E-state index contributed by atoms with van der Waals surface area (Å²) >= 11 is 1.45. The Balaban J connectivity index is 5.59. The van der Waals surface area contributed by atoms with E-state index in [1.165, 1.54) is 11.8 Å². The highest BCUT2D eigenvalue weighted by Gasteiger charge is 2.32. The molecular formula is C19H35N7O8S. The lowest BCUT2D eigenvalue weighted by atomic mass is 10.1. The molecular weight excluding hydrogens is 486 g/mol. The van der Waals surface area contributed by atoms with Gasteiger partial charge in [-0.15, -0.1) is 0 Å². The summed E-state index contributed by atoms with van der Waals surface area (Å²) in [5, 5.41) is 34.7. The van der Waals surface area contributed by atoms with Gasteiger partial charge in [0.05, 0.1) is 18.6 Å². The van der Waals surface area contributed by atoms with Gasteiger partial charge in [-0.1, -0.05) is 0 Å². The Bertz CT molecular complexity index is 776. The Kier molecular flexibility index (Phi) is 15.0. The lowest BCUT2D eigenvalue weighted by molar-refractivity contribution is -0.145. The van der Waals surface area contributed by atoms with Crippen LogP contribution in [0.2, 0.25) is 0 Å². The molecule has 0 spiro atoms. The van der Waals surface area contributed by atoms with Crippen molar-refractivity contribution in [2.45, 2.75) is 62.9 Å². The van der Waals surface area contributed by atoms with E-state index in [2.05, 4.69) is 20.9 Å². The van der Waals surface area contributed by atoms with E-state index in [9.17, 15) is 34.2 Å². The van der Waals surface area contributed by atoms with Crippen LogP contribution in [-0.2, 0) is 24.0 Å². The number of carboxylic acids is 2. The molecule has 0 aromatic rings. The van der Waals surface area contributed by atoms with Crippen molar-refractivity contribution in [1.29, 1.82) is 0 Å². The Morgan fingerprint density at radius 2 is 1.51 bits per heavy atom. The number of carboxylic acid groups (broad SMARTS) is 2. The summed E-state index contributed by atoms with van der Waals surface area (Å²) in [7, 11) is 0. The second-order valence-electron chi connectivity index (χ2n) is 7.62. The molecule has 5 atom stereocenters. The topological polar surface area (TPSA) is 273 Å². The number of nitrogens with one attached hydrogen (secondary N) is 3. The zero-order valence-corrected chi connectivity index (χ0v) is 20.4. The number of guanidine groups is 1. The predicted octanol–water partition coefficient (Wildman–Crippen LogP) is -3.49. The van der Waals surface area contributed by atoms with E-state index in [0.717, 1.165) is 6.92 Å². The number of aliphatic hydroxyl groups is 1. The van der Waals surface area contributed by atoms with Crippen LogP contribution in [-0.4, -0.2) is 99.8 Å². The number of aliphatic carboxylic acids is 2. The Hall–Kier alpha value is -3.11. The molecule has 0 aromatic heterocycles. The van der Waals surface area contributed by atoms with Gasteiger partial charge in [0, 0.05) is 6.54 Å². The fourth-order valence-corrected chi connectivity index (χ4v) is 3.22. The average Bonchev–Trinajstić information content (AvgIpc) is 2.75. The molecule has 16 heteroatoms. The summed E-state index contributed by atoms with van der Waals surface area (Å²) in [4.78, 5) is 64.1. The third-order valence-corrected chi connectivity index (χ3v) is 5.25. The maximum absolute atomic E-state index is 12.8. The number of carbonyl (C=O) groups is 5. The number of nitrogens with two attached hydrogens (primary N) is 3. The van der Waals surface area contributed by atoms with Crippen molar-refractivity contribution < 1.29 is 39.3 Å². The quantitative estimate of drug-likeness (QED) is 0.0512. The van der Waals surface area contributed by atoms with Crippen LogP contribution in [0.25, 0.3) is 0 Å². The number of rotatable bonds is 17. The Labute approximate surface area is 206 Å². The summed E-state index contributed by atoms with van der Waals surface area (Å²) in [5.41, 5.74) is 16.3. The van der Waals surface area contributed by atoms with Crippen molar-refractivity contribution in [1.82, 2.24) is 16.0 Å². The van der Waals surface area contributed by atoms with Gasteiger partial charge >= 0.3 is 11.9 Å². The van der Waals surface area contributed by atoms with E-state index >= 15 is 0 Å². The van der Waals surface area contributed by atoms with Crippen molar-refractivity contribution in [3.05, 3.63) is 0 Å². The molecule has 15 nitrogen and oxygen atoms in total. The van der Waals surface area contributed by atoms with Gasteiger partial charge in [0.2, 0.25) is 17.7 Å². The molecule has 0 fully saturated rings. The van der Waals surface area contributed by atoms with Crippen LogP contribution >= 0.6 is 11.8 Å². The lowest BCUT2D eigenvalue weighted by Gasteiger charge is -2.25. The van der Waals surface area contributed by atoms with Crippen LogP contribution in [0.4, 0.5) is 0 Å². The number of aliphatic hydroxyl groups excluding tert-OH is 1. The van der Waals surface area contributed by atoms with Gasteiger partial charge in [0.15, 0.2) is 12.0 Å². The highest BCUT2D eigenvalue weighted by molar-refractivity contribution is 7.98. The van der Waals surface area contributed by atoms with Crippen molar-refractivity contribution in [3.8, 4) is 0 Å². The van der Waals surface area contributed by atoms with E-state index in [1.54, 1.807) is 0 Å². The molecule has 0 aliphatic heterocycles. The molecule has 0 aromatic carbocycles. The fourth-order valence-electron chi connectivity index (χ4n) is 2.73. The summed E-state index contributed by atoms with van der Waals surface area (Å²) in [5.74, 6) is -5.22. The minimum Gasteiger partial charge on any atom is -0.481 e. The number of aliphatic imine (C=N–C) groups is 1. The molecule has 200 valence electrons. The van der Waals surface area contributed by atoms with Crippen LogP contribution in [0.5, 0.6) is 0 Å². The van der Waals surface area contributed by atoms with Gasteiger partial charge in [-0.3, -0.25) is 24.2 Å². The number of thioether (sulfide) groups is 1. The largest absolute Gasteiger partial charge is 0.481 e. The van der Waals surface area contributed by atoms with E-state index in [4.69, 9.17) is 22.3 Å². The summed E-state index contributed by atoms with van der Waals surface area (Å²) in [6, 6.07) is -5.55. The van der Waals surface area contributed by atoms with Crippen LogP contribution in [0.3, 0.4) is 0 Å². The fraction of sp³-hybridized carbons (Fsp3) is 0.684. The second kappa shape index (κ2) is 16.5. The summed E-state index contributed by atoms with van der Waals surface area (Å²) in [6.07, 6.45) is -0.0208. The molecule has 0 rings (SSSR count). The standard InChI is InChI=1S/C19H35N7O8S/c1-9(27)14(18(33)34)26-16(31)11(4-3-6-23-19(21)22)24-17(32)12(8-13(28)29)25-15(30)10(20)5-7-35-2/h9-12,14,27H,3-8,20H2,1-2H3,(H,24,32)(H,25,30)(H,26,31)(H,28,29)(H,33,34)(H4,21,22,23). The first kappa shape index (κ1) is 31.9. The third-order valence-electron chi connectivity index (χ3n) is 4.61. The molecule has 5 unspecified atom stereocenters. The van der Waals surface area contributed by atoms with Crippen molar-refractivity contribution in [2.24, 2.45) is 22.2 Å². The monoisotopic (exact) mass is 521 g/mol. The molecule has 0 saturated heterocycles. The molecule has 12 N–H and O–H groups in total. The number of nitrogens with zero attached hydrogens (tertiary/aromatic N) is 1. The third kappa shape index (κ3) is 13.4. The average molecular weight is 522 g/mol. The molecule has 0 aliphatic rings. The SMILES string of the molecule is CSCCC(N)C(=O)NC(CC(=O)O)C(=O)NC(CCCN=C(N)N)C(=O)NC(C(=O)O)C(C)O. The van der Waals surface area contributed by atoms with Gasteiger partial charge < -0.3 is 48.5 Å². The molecule has 0 aliphatic carbocycles. The van der Waals surface area contributed by atoms with Gasteiger partial charge in [-0.05, 0) is 38.2 Å². The molecule has 0 bridgehead atoms. The van der Waals surface area contributed by atoms with Gasteiger partial charge in [-0.25, -0.2) is 4.79 Å². The van der Waals surface area contributed by atoms with Gasteiger partial charge in [0.25, 0.3) is 0 Å². The molecule has 3 amide bonds. The number of hydrogen-bond acceptors (Lipinski definition) is 9. The van der Waals surface area contributed by atoms with Crippen molar-refractivity contribution >= 4 is 47.4 Å². The lowest BCUT2D eigenvalue weighted by Crippen LogP contribution is -2.58. The normalized spacial score (nSPS) is 15.0. The van der Waals surface area contributed by atoms with Crippen LogP contribution in [0.15, 0.2) is 4.99 Å². The number of amides is 3. The number of carbonyl (C=O) groups excluding carboxylic acids is 3. The highest BCUT2D eigenvalue weighted by Crippen LogP contribution is 2.05. The van der Waals surface area contributed by atoms with Crippen LogP contribution in [0, 0.1) is 0 Å². The second-order valence-corrected chi connectivity index (χ2v) is 8.61. The van der Waals surface area contributed by atoms with Crippen LogP contribution < -0.4 is 33.2 Å². The molecule has 0 saturated carbocycles. The summed E-state index contributed by atoms with van der Waals surface area (Å²) in [6.45, 7) is 1.24. The first-order chi connectivity index (χ1) is 16.3. The van der Waals surface area contributed by atoms with E-state index < -0.39 is 66.4 Å². The van der Waals surface area contributed by atoms with Crippen molar-refractivity contribution in [2.75, 3.05) is 18.6 Å². The van der Waals surface area contributed by atoms with Gasteiger partial charge in [-0.2, -0.15) is 11.8 Å². The first-order valence-electron chi connectivity index (χ1n) is 10.6. The zero-order valence-electron chi connectivity index (χ0n) is 19.6. The van der Waals surface area contributed by atoms with Crippen molar-refractivity contribution in [3.63, 3.8) is 0 Å². The highest BCUT2D eigenvalue weighted by atomic mass is 32.2. The molecule has 0 heterocycles. The smallest absolute Gasteiger partial charge is 0.328 e. The Morgan fingerprint density at radius 3 is 2.00 bits per heavy atom. The zero-order chi connectivity index (χ0) is 27.1. The van der Waals surface area contributed by atoms with E-state index in [1.807, 2.05) is 6.26 Å². The Morgan fingerprint density at radius 1 is 0.943 bits per heavy atom. The van der Waals surface area contributed by atoms with Crippen LogP contribution in [0.1, 0.15) is 32.6 Å². The summed E-state index contributed by atoms with van der Waals surface area (Å²) < 4.78 is 0. The molecule has 35 heavy (non-hydrogen) atoms. The maximum Gasteiger partial charge on any atom is 0.328 e. The predicted molar refractivity (Wildman–Crippen MR) is 128 cm³/mol. The minimum atomic E-state index is -1.66. The maximum atomic E-state index is 12.8. The molecule has 0 radical (unpaired) electrons. The van der Waals surface area contributed by atoms with E-state index in [-0.39, 0.29) is 25.3 Å². The minimum absolute atomic E-state index is 0.0680. The van der Waals surface area contributed by atoms with E-state index in [0.29, 0.717) is 12.2 Å². The number of hydrogen-bond donors (Lipinski definition) is 9. The first-order valence-corrected chi connectivity index (χ1v) is 12.0. The van der Waals surface area contributed by atoms with Gasteiger partial charge in [0.1, 0.15) is 12.1 Å².